The zero-order valence-electron chi connectivity index (χ0n) is 20.4. The standard InChI is InChI=1S/C26H45NO5/c1-4-5-6-11-14-26(2,3)21-16-23(30)18-24(17-21)32-15-12-9-7-8-10-13-25(31)27-22(19-28)20-29/h16-18,22,28-30H,4-15,19-20H2,1-3H3,(H,27,31). The number of aromatic hydroxyl groups is 1. The Morgan fingerprint density at radius 2 is 1.62 bits per heavy atom. The van der Waals surface area contributed by atoms with E-state index in [0.717, 1.165) is 49.8 Å². The van der Waals surface area contributed by atoms with E-state index in [2.05, 4.69) is 32.2 Å². The SMILES string of the molecule is CCCCCCC(C)(C)c1cc(O)cc(OCCCCCCCC(=O)NC(CO)CO)c1. The van der Waals surface area contributed by atoms with E-state index in [4.69, 9.17) is 14.9 Å². The largest absolute Gasteiger partial charge is 0.508 e. The van der Waals surface area contributed by atoms with Crippen molar-refractivity contribution < 1.29 is 24.9 Å². The van der Waals surface area contributed by atoms with E-state index in [0.29, 0.717) is 13.0 Å². The van der Waals surface area contributed by atoms with Crippen LogP contribution in [0.2, 0.25) is 0 Å². The van der Waals surface area contributed by atoms with E-state index in [9.17, 15) is 9.90 Å². The molecule has 0 saturated heterocycles. The van der Waals surface area contributed by atoms with Crippen LogP contribution < -0.4 is 10.1 Å². The predicted octanol–water partition coefficient (Wildman–Crippen LogP) is 4.83. The van der Waals surface area contributed by atoms with Gasteiger partial charge < -0.3 is 25.4 Å². The lowest BCUT2D eigenvalue weighted by molar-refractivity contribution is -0.122. The zero-order chi connectivity index (χ0) is 23.8. The van der Waals surface area contributed by atoms with Crippen LogP contribution in [0.5, 0.6) is 11.5 Å². The highest BCUT2D eigenvalue weighted by molar-refractivity contribution is 5.76. The van der Waals surface area contributed by atoms with Crippen molar-refractivity contribution in [3.05, 3.63) is 23.8 Å². The van der Waals surface area contributed by atoms with Crippen LogP contribution in [0.3, 0.4) is 0 Å². The van der Waals surface area contributed by atoms with Crippen molar-refractivity contribution in [2.75, 3.05) is 19.8 Å². The van der Waals surface area contributed by atoms with Gasteiger partial charge in [0.25, 0.3) is 0 Å². The third kappa shape index (κ3) is 11.7. The minimum absolute atomic E-state index is 0.00521. The van der Waals surface area contributed by atoms with Crippen LogP contribution >= 0.6 is 0 Å². The molecule has 0 aliphatic rings. The highest BCUT2D eigenvalue weighted by atomic mass is 16.5. The van der Waals surface area contributed by atoms with Gasteiger partial charge in [0, 0.05) is 12.5 Å². The van der Waals surface area contributed by atoms with E-state index in [1.807, 2.05) is 6.07 Å². The molecule has 6 heteroatoms. The van der Waals surface area contributed by atoms with E-state index in [1.54, 1.807) is 6.07 Å². The Hall–Kier alpha value is -1.79. The number of aliphatic hydroxyl groups is 2. The topological polar surface area (TPSA) is 99.0 Å². The Kier molecular flexibility index (Phi) is 14.1. The van der Waals surface area contributed by atoms with E-state index < -0.39 is 6.04 Å². The maximum absolute atomic E-state index is 11.7. The van der Waals surface area contributed by atoms with Crippen LogP contribution in [-0.4, -0.2) is 47.1 Å². The van der Waals surface area contributed by atoms with Gasteiger partial charge in [0.1, 0.15) is 11.5 Å². The molecule has 4 N–H and O–H groups in total. The zero-order valence-corrected chi connectivity index (χ0v) is 20.4. The number of benzene rings is 1. The lowest BCUT2D eigenvalue weighted by Gasteiger charge is -2.26. The molecule has 0 radical (unpaired) electrons. The van der Waals surface area contributed by atoms with E-state index in [-0.39, 0.29) is 30.3 Å². The fraction of sp³-hybridized carbons (Fsp3) is 0.731. The third-order valence-corrected chi connectivity index (χ3v) is 5.95. The average molecular weight is 452 g/mol. The number of amides is 1. The number of nitrogens with one attached hydrogen (secondary N) is 1. The number of phenols is 1. The normalized spacial score (nSPS) is 11.7. The maximum Gasteiger partial charge on any atom is 0.220 e. The summed E-state index contributed by atoms with van der Waals surface area (Å²) >= 11 is 0. The van der Waals surface area contributed by atoms with Gasteiger partial charge in [-0.05, 0) is 42.4 Å². The van der Waals surface area contributed by atoms with Crippen LogP contribution in [0, 0.1) is 0 Å². The fourth-order valence-electron chi connectivity index (χ4n) is 3.75. The molecule has 0 aliphatic heterocycles. The maximum atomic E-state index is 11.7. The first kappa shape index (κ1) is 28.2. The number of hydrogen-bond acceptors (Lipinski definition) is 5. The number of ether oxygens (including phenoxy) is 1. The molecule has 0 unspecified atom stereocenters. The molecule has 1 rings (SSSR count). The van der Waals surface area contributed by atoms with Crippen molar-refractivity contribution in [1.29, 1.82) is 0 Å². The van der Waals surface area contributed by atoms with Crippen molar-refractivity contribution >= 4 is 5.91 Å². The second-order valence-corrected chi connectivity index (χ2v) is 9.41. The van der Waals surface area contributed by atoms with Crippen LogP contribution in [0.25, 0.3) is 0 Å². The number of phenolic OH excluding ortho intramolecular Hbond substituents is 1. The molecule has 1 amide bonds. The lowest BCUT2D eigenvalue weighted by Crippen LogP contribution is -2.39. The predicted molar refractivity (Wildman–Crippen MR) is 129 cm³/mol. The van der Waals surface area contributed by atoms with E-state index >= 15 is 0 Å². The molecule has 0 heterocycles. The molecule has 0 saturated carbocycles. The first-order valence-corrected chi connectivity index (χ1v) is 12.3. The molecular formula is C26H45NO5. The van der Waals surface area contributed by atoms with Crippen molar-refractivity contribution in [3.8, 4) is 11.5 Å². The Morgan fingerprint density at radius 3 is 2.31 bits per heavy atom. The molecule has 1 aromatic rings. The van der Waals surface area contributed by atoms with Gasteiger partial charge >= 0.3 is 0 Å². The molecule has 6 nitrogen and oxygen atoms in total. The van der Waals surface area contributed by atoms with Gasteiger partial charge in [0.15, 0.2) is 0 Å². The second-order valence-electron chi connectivity index (χ2n) is 9.41. The van der Waals surface area contributed by atoms with Gasteiger partial charge in [-0.15, -0.1) is 0 Å². The quantitative estimate of drug-likeness (QED) is 0.240. The van der Waals surface area contributed by atoms with Crippen molar-refractivity contribution in [2.24, 2.45) is 0 Å². The van der Waals surface area contributed by atoms with Crippen molar-refractivity contribution in [1.82, 2.24) is 5.32 Å². The fourth-order valence-corrected chi connectivity index (χ4v) is 3.75. The summed E-state index contributed by atoms with van der Waals surface area (Å²) in [6.07, 6.45) is 11.2. The minimum Gasteiger partial charge on any atom is -0.508 e. The molecule has 0 aromatic heterocycles. The number of aliphatic hydroxyl groups excluding tert-OH is 2. The van der Waals surface area contributed by atoms with Crippen LogP contribution in [0.1, 0.15) is 97.0 Å². The summed E-state index contributed by atoms with van der Waals surface area (Å²) in [5.74, 6) is 0.845. The Balaban J connectivity index is 2.28. The molecule has 184 valence electrons. The van der Waals surface area contributed by atoms with Crippen LogP contribution in [0.4, 0.5) is 0 Å². The van der Waals surface area contributed by atoms with E-state index in [1.165, 1.54) is 25.7 Å². The van der Waals surface area contributed by atoms with Crippen LogP contribution in [0.15, 0.2) is 18.2 Å². The summed E-state index contributed by atoms with van der Waals surface area (Å²) in [6, 6.07) is 5.03. The summed E-state index contributed by atoms with van der Waals surface area (Å²) < 4.78 is 5.91. The third-order valence-electron chi connectivity index (χ3n) is 5.95. The summed E-state index contributed by atoms with van der Waals surface area (Å²) in [7, 11) is 0. The number of carbonyl (C=O) groups is 1. The average Bonchev–Trinajstić information content (AvgIpc) is 2.76. The summed E-state index contributed by atoms with van der Waals surface area (Å²) in [5, 5.41) is 30.7. The minimum atomic E-state index is -0.566. The highest BCUT2D eigenvalue weighted by Crippen LogP contribution is 2.34. The van der Waals surface area contributed by atoms with Gasteiger partial charge in [-0.2, -0.15) is 0 Å². The van der Waals surface area contributed by atoms with Gasteiger partial charge in [-0.25, -0.2) is 0 Å². The molecule has 0 aliphatic carbocycles. The Bertz CT molecular complexity index is 643. The summed E-state index contributed by atoms with van der Waals surface area (Å²) in [6.45, 7) is 6.78. The second kappa shape index (κ2) is 15.9. The monoisotopic (exact) mass is 451 g/mol. The molecule has 0 spiro atoms. The first-order valence-electron chi connectivity index (χ1n) is 12.3. The number of carbonyl (C=O) groups excluding carboxylic acids is 1. The number of rotatable bonds is 18. The van der Waals surface area contributed by atoms with Gasteiger partial charge in [0.05, 0.1) is 25.9 Å². The molecule has 1 aromatic carbocycles. The lowest BCUT2D eigenvalue weighted by atomic mass is 9.80. The number of hydrogen-bond donors (Lipinski definition) is 4. The number of unbranched alkanes of at least 4 members (excludes halogenated alkanes) is 7. The Labute approximate surface area is 194 Å². The smallest absolute Gasteiger partial charge is 0.220 e. The highest BCUT2D eigenvalue weighted by Gasteiger charge is 2.21. The molecular weight excluding hydrogens is 406 g/mol. The van der Waals surface area contributed by atoms with Crippen molar-refractivity contribution in [3.63, 3.8) is 0 Å². The summed E-state index contributed by atoms with van der Waals surface area (Å²) in [5.41, 5.74) is 1.12. The summed E-state index contributed by atoms with van der Waals surface area (Å²) in [4.78, 5) is 11.7. The molecule has 0 bridgehead atoms. The van der Waals surface area contributed by atoms with Crippen molar-refractivity contribution in [2.45, 2.75) is 103 Å². The van der Waals surface area contributed by atoms with Gasteiger partial charge in [-0.3, -0.25) is 4.79 Å². The Morgan fingerprint density at radius 1 is 0.969 bits per heavy atom. The van der Waals surface area contributed by atoms with Gasteiger partial charge in [0.2, 0.25) is 5.91 Å². The molecule has 32 heavy (non-hydrogen) atoms. The van der Waals surface area contributed by atoms with Crippen LogP contribution in [-0.2, 0) is 10.2 Å². The first-order chi connectivity index (χ1) is 15.3. The molecule has 0 atom stereocenters. The van der Waals surface area contributed by atoms with Gasteiger partial charge in [-0.1, -0.05) is 65.7 Å². The molecule has 0 fully saturated rings.